The molecule has 31 heavy (non-hydrogen) atoms. The van der Waals surface area contributed by atoms with Gasteiger partial charge in [-0.3, -0.25) is 0 Å². The molecule has 1 aromatic carbocycles. The van der Waals surface area contributed by atoms with Crippen LogP contribution < -0.4 is 4.72 Å². The number of ether oxygens (including phenoxy) is 1. The lowest BCUT2D eigenvalue weighted by Crippen LogP contribution is -2.34. The predicted molar refractivity (Wildman–Crippen MR) is 123 cm³/mol. The molecule has 0 bridgehead atoms. The van der Waals surface area contributed by atoms with Gasteiger partial charge in [0.15, 0.2) is 0 Å². The van der Waals surface area contributed by atoms with E-state index in [4.69, 9.17) is 16.3 Å². The minimum Gasteiger partial charge on any atom is -0.361 e. The minimum atomic E-state index is -3.58. The van der Waals surface area contributed by atoms with Crippen molar-refractivity contribution in [1.29, 1.82) is 0 Å². The third-order valence-electron chi connectivity index (χ3n) is 7.70. The highest BCUT2D eigenvalue weighted by Crippen LogP contribution is 2.65. The summed E-state index contributed by atoms with van der Waals surface area (Å²) in [5, 5.41) is 0.518. The van der Waals surface area contributed by atoms with Gasteiger partial charge in [0.05, 0.1) is 11.0 Å². The van der Waals surface area contributed by atoms with Crippen molar-refractivity contribution in [3.63, 3.8) is 0 Å². The van der Waals surface area contributed by atoms with Gasteiger partial charge >= 0.3 is 0 Å². The van der Waals surface area contributed by atoms with E-state index in [2.05, 4.69) is 37.6 Å². The maximum atomic E-state index is 12.7. The first-order valence-electron chi connectivity index (χ1n) is 11.2. The number of halogens is 1. The monoisotopic (exact) mass is 459 g/mol. The van der Waals surface area contributed by atoms with Crippen molar-refractivity contribution in [2.24, 2.45) is 11.3 Å². The molecular formula is C25H30ClNO3S. The summed E-state index contributed by atoms with van der Waals surface area (Å²) in [5.74, 6) is 0.544. The maximum absolute atomic E-state index is 12.7. The van der Waals surface area contributed by atoms with E-state index in [1.807, 2.05) is 0 Å². The Labute approximate surface area is 190 Å². The highest BCUT2D eigenvalue weighted by Gasteiger charge is 2.64. The van der Waals surface area contributed by atoms with Crippen LogP contribution >= 0.6 is 11.6 Å². The van der Waals surface area contributed by atoms with Crippen LogP contribution in [0.2, 0.25) is 5.02 Å². The molecule has 5 rings (SSSR count). The van der Waals surface area contributed by atoms with Gasteiger partial charge < -0.3 is 4.74 Å². The Kier molecular flexibility index (Phi) is 5.06. The maximum Gasteiger partial charge on any atom is 0.240 e. The summed E-state index contributed by atoms with van der Waals surface area (Å²) in [5.41, 5.74) is 5.64. The Morgan fingerprint density at radius 2 is 1.90 bits per heavy atom. The Balaban J connectivity index is 1.42. The fourth-order valence-electron chi connectivity index (χ4n) is 5.81. The summed E-state index contributed by atoms with van der Waals surface area (Å²) < 4.78 is 34.5. The van der Waals surface area contributed by atoms with E-state index < -0.39 is 10.0 Å². The van der Waals surface area contributed by atoms with Gasteiger partial charge in [0.2, 0.25) is 10.0 Å². The van der Waals surface area contributed by atoms with Crippen molar-refractivity contribution in [2.75, 3.05) is 6.54 Å². The number of sulfonamides is 1. The van der Waals surface area contributed by atoms with Gasteiger partial charge in [-0.1, -0.05) is 55.7 Å². The van der Waals surface area contributed by atoms with Crippen molar-refractivity contribution in [3.05, 3.63) is 63.7 Å². The number of benzene rings is 1. The number of fused-ring (bicyclic) bond motifs is 2. The largest absolute Gasteiger partial charge is 0.361 e. The number of hydrogen-bond acceptors (Lipinski definition) is 3. The van der Waals surface area contributed by atoms with Crippen LogP contribution in [-0.2, 0) is 14.8 Å². The van der Waals surface area contributed by atoms with E-state index in [1.165, 1.54) is 42.5 Å². The van der Waals surface area contributed by atoms with Crippen molar-refractivity contribution < 1.29 is 13.2 Å². The average Bonchev–Trinajstić information content (AvgIpc) is 3.31. The van der Waals surface area contributed by atoms with Crippen LogP contribution in [0.4, 0.5) is 0 Å². The molecule has 2 fully saturated rings. The fraction of sp³-hybridized carbons (Fsp3) is 0.520. The molecule has 0 unspecified atom stereocenters. The Hall–Kier alpha value is -1.40. The first kappa shape index (κ1) is 21.4. The molecular weight excluding hydrogens is 430 g/mol. The minimum absolute atomic E-state index is 0.151. The van der Waals surface area contributed by atoms with E-state index in [0.29, 0.717) is 10.9 Å². The van der Waals surface area contributed by atoms with E-state index in [9.17, 15) is 8.42 Å². The standard InChI is InChI=1S/C25H30ClNO3S/c1-16(2)20-10-11-24(3)12-13-25-21(23(20)24)9-4-17(14-22(25)30-25)15-27-31(28,29)19-7-5-18(26)6-8-19/h4-9,16,22,27H,10-15H2,1-3H3/t22-,24+,25-/m0/s1. The van der Waals surface area contributed by atoms with Gasteiger partial charge in [0, 0.05) is 11.6 Å². The fourth-order valence-corrected chi connectivity index (χ4v) is 6.97. The van der Waals surface area contributed by atoms with E-state index in [1.54, 1.807) is 17.7 Å². The molecule has 1 saturated heterocycles. The van der Waals surface area contributed by atoms with E-state index in [-0.39, 0.29) is 28.6 Å². The highest BCUT2D eigenvalue weighted by atomic mass is 35.5. The number of epoxide rings is 1. The SMILES string of the molecule is CC(C)C1=C2C3=CC=C(CNS(=O)(=O)c4ccc(Cl)cc4)C[C@@H]4O[C@@]34CC[C@@]2(C)CC1. The number of hydrogen-bond donors (Lipinski definition) is 1. The molecule has 0 amide bonds. The van der Waals surface area contributed by atoms with E-state index in [0.717, 1.165) is 18.4 Å². The summed E-state index contributed by atoms with van der Waals surface area (Å²) in [6.45, 7) is 7.30. The van der Waals surface area contributed by atoms with E-state index >= 15 is 0 Å². The molecule has 3 aliphatic carbocycles. The molecule has 1 aromatic rings. The molecule has 3 atom stereocenters. The summed E-state index contributed by atoms with van der Waals surface area (Å²) in [6.07, 6.45) is 9.93. The molecule has 1 spiro atoms. The molecule has 4 nitrogen and oxygen atoms in total. The van der Waals surface area contributed by atoms with Crippen molar-refractivity contribution in [3.8, 4) is 0 Å². The van der Waals surface area contributed by atoms with Crippen LogP contribution in [0.3, 0.4) is 0 Å². The molecule has 1 saturated carbocycles. The zero-order valence-corrected chi connectivity index (χ0v) is 19.9. The molecule has 4 aliphatic rings. The van der Waals surface area contributed by atoms with Crippen molar-refractivity contribution in [2.45, 2.75) is 69.5 Å². The molecule has 0 radical (unpaired) electrons. The molecule has 166 valence electrons. The second kappa shape index (κ2) is 7.31. The quantitative estimate of drug-likeness (QED) is 0.586. The van der Waals surface area contributed by atoms with Crippen LogP contribution in [0.5, 0.6) is 0 Å². The second-order valence-electron chi connectivity index (χ2n) is 10.00. The lowest BCUT2D eigenvalue weighted by atomic mass is 9.64. The normalized spacial score (nSPS) is 32.1. The van der Waals surface area contributed by atoms with Crippen LogP contribution in [0.15, 0.2) is 63.6 Å². The Morgan fingerprint density at radius 1 is 1.16 bits per heavy atom. The number of nitrogens with one attached hydrogen (secondary N) is 1. The van der Waals surface area contributed by atoms with Crippen LogP contribution in [0.25, 0.3) is 0 Å². The molecule has 6 heteroatoms. The topological polar surface area (TPSA) is 58.7 Å². The van der Waals surface area contributed by atoms with Gasteiger partial charge in [-0.2, -0.15) is 0 Å². The van der Waals surface area contributed by atoms with Crippen LogP contribution in [0.1, 0.15) is 52.9 Å². The van der Waals surface area contributed by atoms with Crippen LogP contribution in [0, 0.1) is 11.3 Å². The zero-order valence-electron chi connectivity index (χ0n) is 18.4. The van der Waals surface area contributed by atoms with Gasteiger partial charge in [0.25, 0.3) is 0 Å². The molecule has 1 heterocycles. The molecule has 1 aliphatic heterocycles. The van der Waals surface area contributed by atoms with Gasteiger partial charge in [-0.25, -0.2) is 13.1 Å². The first-order chi connectivity index (χ1) is 14.6. The highest BCUT2D eigenvalue weighted by molar-refractivity contribution is 7.89. The first-order valence-corrected chi connectivity index (χ1v) is 13.1. The average molecular weight is 460 g/mol. The summed E-state index contributed by atoms with van der Waals surface area (Å²) >= 11 is 5.89. The van der Waals surface area contributed by atoms with Gasteiger partial charge in [-0.05, 0) is 78.8 Å². The zero-order chi connectivity index (χ0) is 22.0. The smallest absolute Gasteiger partial charge is 0.240 e. The van der Waals surface area contributed by atoms with Gasteiger partial charge in [0.1, 0.15) is 5.60 Å². The third-order valence-corrected chi connectivity index (χ3v) is 9.37. The molecule has 0 aromatic heterocycles. The third kappa shape index (κ3) is 3.54. The number of rotatable bonds is 5. The lowest BCUT2D eigenvalue weighted by molar-refractivity contribution is 0.235. The summed E-state index contributed by atoms with van der Waals surface area (Å²) in [4.78, 5) is 0.228. The predicted octanol–water partition coefficient (Wildman–Crippen LogP) is 5.56. The Morgan fingerprint density at radius 3 is 2.61 bits per heavy atom. The van der Waals surface area contributed by atoms with Crippen molar-refractivity contribution in [1.82, 2.24) is 4.72 Å². The molecule has 1 N–H and O–H groups in total. The summed E-state index contributed by atoms with van der Waals surface area (Å²) in [6, 6.07) is 6.25. The van der Waals surface area contributed by atoms with Crippen molar-refractivity contribution >= 4 is 21.6 Å². The number of allylic oxidation sites excluding steroid dienone is 3. The van der Waals surface area contributed by atoms with Gasteiger partial charge in [-0.15, -0.1) is 0 Å². The van der Waals surface area contributed by atoms with Crippen LogP contribution in [-0.4, -0.2) is 26.7 Å². The lowest BCUT2D eigenvalue weighted by Gasteiger charge is -2.39. The summed E-state index contributed by atoms with van der Waals surface area (Å²) in [7, 11) is -3.58. The Bertz CT molecular complexity index is 1120. The second-order valence-corrected chi connectivity index (χ2v) is 12.2.